The maximum Gasteiger partial charge on any atom is 0.0462 e. The van der Waals surface area contributed by atoms with Crippen molar-refractivity contribution in [1.82, 2.24) is 0 Å². The first-order chi connectivity index (χ1) is 6.90. The molecule has 0 aromatic heterocycles. The van der Waals surface area contributed by atoms with Crippen molar-refractivity contribution >= 4 is 0 Å². The van der Waals surface area contributed by atoms with Crippen molar-refractivity contribution in [2.45, 2.75) is 18.8 Å². The van der Waals surface area contributed by atoms with Crippen LogP contribution in [0.2, 0.25) is 0 Å². The van der Waals surface area contributed by atoms with Crippen molar-refractivity contribution in [3.63, 3.8) is 0 Å². The summed E-state index contributed by atoms with van der Waals surface area (Å²) < 4.78 is 0. The number of hydrogen-bond acceptors (Lipinski definition) is 1. The molecule has 0 radical (unpaired) electrons. The van der Waals surface area contributed by atoms with Gasteiger partial charge in [0.2, 0.25) is 0 Å². The zero-order valence-electron chi connectivity index (χ0n) is 8.26. The van der Waals surface area contributed by atoms with E-state index in [0.29, 0.717) is 12.5 Å². The molecule has 0 spiro atoms. The first kappa shape index (κ1) is 8.49. The van der Waals surface area contributed by atoms with Crippen molar-refractivity contribution in [2.24, 2.45) is 17.8 Å². The molecule has 0 amide bonds. The van der Waals surface area contributed by atoms with Crippen LogP contribution in [0.1, 0.15) is 24.3 Å². The Morgan fingerprint density at radius 3 is 2.50 bits per heavy atom. The number of benzene rings is 1. The summed E-state index contributed by atoms with van der Waals surface area (Å²) in [5.74, 6) is 3.16. The maximum absolute atomic E-state index is 9.01. The predicted molar refractivity (Wildman–Crippen MR) is 56.0 cm³/mol. The zero-order valence-corrected chi connectivity index (χ0v) is 8.26. The molecule has 1 heteroatoms. The van der Waals surface area contributed by atoms with Gasteiger partial charge in [-0.2, -0.15) is 0 Å². The first-order valence-electron chi connectivity index (χ1n) is 5.56. The molecule has 1 nitrogen and oxygen atoms in total. The smallest absolute Gasteiger partial charge is 0.0462 e. The van der Waals surface area contributed by atoms with Gasteiger partial charge in [0.15, 0.2) is 0 Å². The van der Waals surface area contributed by atoms with E-state index in [2.05, 4.69) is 30.3 Å². The van der Waals surface area contributed by atoms with E-state index in [1.54, 1.807) is 0 Å². The van der Waals surface area contributed by atoms with Crippen molar-refractivity contribution in [3.05, 3.63) is 35.9 Å². The van der Waals surface area contributed by atoms with Gasteiger partial charge in [0.05, 0.1) is 0 Å². The van der Waals surface area contributed by atoms with Crippen LogP contribution in [-0.4, -0.2) is 11.7 Å². The summed E-state index contributed by atoms with van der Waals surface area (Å²) in [4.78, 5) is 0. The third-order valence-corrected chi connectivity index (χ3v) is 3.83. The normalized spacial score (nSPS) is 39.5. The molecule has 2 aliphatic carbocycles. The van der Waals surface area contributed by atoms with Gasteiger partial charge in [0.25, 0.3) is 0 Å². The second-order valence-corrected chi connectivity index (χ2v) is 4.76. The summed E-state index contributed by atoms with van der Waals surface area (Å²) >= 11 is 0. The second-order valence-electron chi connectivity index (χ2n) is 4.76. The fraction of sp³-hybridized carbons (Fsp3) is 0.538. The van der Waals surface area contributed by atoms with Crippen LogP contribution in [0.4, 0.5) is 0 Å². The van der Waals surface area contributed by atoms with Gasteiger partial charge in [-0.25, -0.2) is 0 Å². The summed E-state index contributed by atoms with van der Waals surface area (Å²) in [6.45, 7) is 0.405. The SMILES string of the molecule is OC[C@@H]1C[C@H]1[C@@H]1C[C@H]1c1ccccc1. The third-order valence-electron chi connectivity index (χ3n) is 3.83. The van der Waals surface area contributed by atoms with Crippen LogP contribution >= 0.6 is 0 Å². The predicted octanol–water partition coefficient (Wildman–Crippen LogP) is 2.42. The highest BCUT2D eigenvalue weighted by Crippen LogP contribution is 2.61. The summed E-state index contributed by atoms with van der Waals surface area (Å²) in [5, 5.41) is 9.01. The highest BCUT2D eigenvalue weighted by atomic mass is 16.3. The van der Waals surface area contributed by atoms with Crippen LogP contribution < -0.4 is 0 Å². The van der Waals surface area contributed by atoms with E-state index in [1.807, 2.05) is 0 Å². The fourth-order valence-electron chi connectivity index (χ4n) is 2.78. The van der Waals surface area contributed by atoms with Crippen molar-refractivity contribution < 1.29 is 5.11 Å². The molecule has 0 heterocycles. The average molecular weight is 188 g/mol. The molecule has 2 aliphatic rings. The molecule has 4 atom stereocenters. The molecule has 3 rings (SSSR count). The highest BCUT2D eigenvalue weighted by Gasteiger charge is 2.53. The monoisotopic (exact) mass is 188 g/mol. The van der Waals surface area contributed by atoms with Gasteiger partial charge in [-0.05, 0) is 42.1 Å². The lowest BCUT2D eigenvalue weighted by atomic mass is 10.1. The van der Waals surface area contributed by atoms with Gasteiger partial charge in [-0.3, -0.25) is 0 Å². The van der Waals surface area contributed by atoms with Crippen LogP contribution in [0, 0.1) is 17.8 Å². The van der Waals surface area contributed by atoms with Crippen molar-refractivity contribution in [2.75, 3.05) is 6.61 Å². The van der Waals surface area contributed by atoms with Gasteiger partial charge in [0.1, 0.15) is 0 Å². The fourth-order valence-corrected chi connectivity index (χ4v) is 2.78. The van der Waals surface area contributed by atoms with E-state index >= 15 is 0 Å². The van der Waals surface area contributed by atoms with Gasteiger partial charge in [-0.15, -0.1) is 0 Å². The first-order valence-corrected chi connectivity index (χ1v) is 5.56. The van der Waals surface area contributed by atoms with Crippen molar-refractivity contribution in [1.29, 1.82) is 0 Å². The maximum atomic E-state index is 9.01. The van der Waals surface area contributed by atoms with Crippen LogP contribution in [0.15, 0.2) is 30.3 Å². The Balaban J connectivity index is 1.64. The molecule has 1 N–H and O–H groups in total. The second kappa shape index (κ2) is 3.09. The quantitative estimate of drug-likeness (QED) is 0.772. The Labute approximate surface area is 84.8 Å². The van der Waals surface area contributed by atoms with E-state index in [4.69, 9.17) is 5.11 Å². The summed E-state index contributed by atoms with van der Waals surface area (Å²) in [7, 11) is 0. The van der Waals surface area contributed by atoms with E-state index in [0.717, 1.165) is 17.8 Å². The molecule has 74 valence electrons. The third kappa shape index (κ3) is 1.36. The molecule has 0 bridgehead atoms. The number of rotatable bonds is 3. The van der Waals surface area contributed by atoms with Gasteiger partial charge >= 0.3 is 0 Å². The standard InChI is InChI=1S/C13H16O/c14-8-10-6-11(10)13-7-12(13)9-4-2-1-3-5-9/h1-5,10-14H,6-8H2/t10-,11+,12-,13-/m0/s1. The molecular formula is C13H16O. The molecular weight excluding hydrogens is 172 g/mol. The Hall–Kier alpha value is -0.820. The van der Waals surface area contributed by atoms with Gasteiger partial charge < -0.3 is 5.11 Å². The van der Waals surface area contributed by atoms with E-state index in [-0.39, 0.29) is 0 Å². The number of aliphatic hydroxyl groups excluding tert-OH is 1. The Morgan fingerprint density at radius 2 is 1.86 bits per heavy atom. The summed E-state index contributed by atoms with van der Waals surface area (Å²) in [5.41, 5.74) is 1.50. The molecule has 1 aromatic carbocycles. The lowest BCUT2D eigenvalue weighted by Gasteiger charge is -1.98. The topological polar surface area (TPSA) is 20.2 Å². The molecule has 0 unspecified atom stereocenters. The Kier molecular flexibility index (Phi) is 1.88. The van der Waals surface area contributed by atoms with Gasteiger partial charge in [0, 0.05) is 6.61 Å². The molecule has 0 aliphatic heterocycles. The van der Waals surface area contributed by atoms with Crippen LogP contribution in [-0.2, 0) is 0 Å². The van der Waals surface area contributed by atoms with E-state index in [1.165, 1.54) is 18.4 Å². The minimum absolute atomic E-state index is 0.405. The van der Waals surface area contributed by atoms with Crippen LogP contribution in [0.3, 0.4) is 0 Å². The Bertz CT molecular complexity index is 319. The largest absolute Gasteiger partial charge is 0.396 e. The molecule has 2 fully saturated rings. The minimum atomic E-state index is 0.405. The minimum Gasteiger partial charge on any atom is -0.396 e. The molecule has 2 saturated carbocycles. The number of hydrogen-bond donors (Lipinski definition) is 1. The van der Waals surface area contributed by atoms with Crippen molar-refractivity contribution in [3.8, 4) is 0 Å². The summed E-state index contributed by atoms with van der Waals surface area (Å²) in [6.07, 6.45) is 2.62. The van der Waals surface area contributed by atoms with Gasteiger partial charge in [-0.1, -0.05) is 30.3 Å². The van der Waals surface area contributed by atoms with E-state index < -0.39 is 0 Å². The number of aliphatic hydroxyl groups is 1. The lowest BCUT2D eigenvalue weighted by Crippen LogP contribution is -1.92. The highest BCUT2D eigenvalue weighted by molar-refractivity contribution is 5.27. The lowest BCUT2D eigenvalue weighted by molar-refractivity contribution is 0.266. The summed E-state index contributed by atoms with van der Waals surface area (Å²) in [6, 6.07) is 10.8. The van der Waals surface area contributed by atoms with Crippen LogP contribution in [0.25, 0.3) is 0 Å². The average Bonchev–Trinajstić information content (AvgIpc) is 3.12. The molecule has 0 saturated heterocycles. The molecule has 1 aromatic rings. The molecule has 14 heavy (non-hydrogen) atoms. The van der Waals surface area contributed by atoms with Crippen LogP contribution in [0.5, 0.6) is 0 Å². The Morgan fingerprint density at radius 1 is 1.07 bits per heavy atom. The zero-order chi connectivity index (χ0) is 9.54. The van der Waals surface area contributed by atoms with E-state index in [9.17, 15) is 0 Å².